The lowest BCUT2D eigenvalue weighted by molar-refractivity contribution is 0.00578. The van der Waals surface area contributed by atoms with Crippen LogP contribution >= 0.6 is 0 Å². The van der Waals surface area contributed by atoms with Gasteiger partial charge in [0.15, 0.2) is 0 Å². The highest BCUT2D eigenvalue weighted by atomic mass is 16.7. The normalized spacial score (nSPS) is 17.2. The van der Waals surface area contributed by atoms with Crippen LogP contribution < -0.4 is 5.46 Å². The van der Waals surface area contributed by atoms with E-state index in [2.05, 4.69) is 70.2 Å². The topological polar surface area (TPSA) is 31.6 Å². The lowest BCUT2D eigenvalue weighted by Gasteiger charge is -2.32. The molecule has 3 aromatic carbocycles. The first-order valence-corrected chi connectivity index (χ1v) is 10.7. The van der Waals surface area contributed by atoms with Crippen LogP contribution in [-0.4, -0.2) is 18.3 Å². The average molecular weight is 400 g/mol. The van der Waals surface area contributed by atoms with E-state index < -0.39 is 7.12 Å². The minimum absolute atomic E-state index is 0.360. The summed E-state index contributed by atoms with van der Waals surface area (Å²) in [6.45, 7) is 12.3. The Kier molecular flexibility index (Phi) is 5.25. The van der Waals surface area contributed by atoms with Crippen molar-refractivity contribution in [1.29, 1.82) is 0 Å². The molecule has 2 heterocycles. The van der Waals surface area contributed by atoms with Gasteiger partial charge in [-0.3, -0.25) is 0 Å². The molecule has 1 aliphatic heterocycles. The SMILES string of the molecule is CC.CC1(C)OB(c2ccc3c(c2)oc2cccc(-c4ccccc4)c23)OC1(C)C. The van der Waals surface area contributed by atoms with Crippen molar-refractivity contribution in [2.75, 3.05) is 0 Å². The van der Waals surface area contributed by atoms with E-state index in [0.29, 0.717) is 0 Å². The van der Waals surface area contributed by atoms with E-state index in [4.69, 9.17) is 13.7 Å². The molecule has 0 bridgehead atoms. The Balaban J connectivity index is 0.00000106. The Bertz CT molecular complexity index is 1160. The molecule has 154 valence electrons. The van der Waals surface area contributed by atoms with Gasteiger partial charge in [-0.15, -0.1) is 0 Å². The van der Waals surface area contributed by atoms with Gasteiger partial charge in [-0.25, -0.2) is 0 Å². The average Bonchev–Trinajstić information content (AvgIpc) is 3.22. The molecule has 0 N–H and O–H groups in total. The van der Waals surface area contributed by atoms with Gasteiger partial charge in [-0.2, -0.15) is 0 Å². The van der Waals surface area contributed by atoms with Crippen LogP contribution in [0.3, 0.4) is 0 Å². The maximum absolute atomic E-state index is 6.21. The summed E-state index contributed by atoms with van der Waals surface area (Å²) < 4.78 is 18.6. The smallest absolute Gasteiger partial charge is 0.456 e. The van der Waals surface area contributed by atoms with E-state index in [-0.39, 0.29) is 11.2 Å². The molecule has 1 aliphatic rings. The summed E-state index contributed by atoms with van der Waals surface area (Å²) in [6.07, 6.45) is 0. The number of furan rings is 1. The van der Waals surface area contributed by atoms with Gasteiger partial charge in [-0.05, 0) is 56.4 Å². The van der Waals surface area contributed by atoms with Crippen molar-refractivity contribution in [1.82, 2.24) is 0 Å². The molecule has 0 amide bonds. The lowest BCUT2D eigenvalue weighted by atomic mass is 9.79. The summed E-state index contributed by atoms with van der Waals surface area (Å²) >= 11 is 0. The highest BCUT2D eigenvalue weighted by Gasteiger charge is 2.51. The molecule has 3 nitrogen and oxygen atoms in total. The predicted octanol–water partition coefficient (Wildman–Crippen LogP) is 6.58. The molecule has 0 aliphatic carbocycles. The van der Waals surface area contributed by atoms with Crippen LogP contribution in [0.5, 0.6) is 0 Å². The summed E-state index contributed by atoms with van der Waals surface area (Å²) in [5, 5.41) is 2.25. The van der Waals surface area contributed by atoms with Crippen LogP contribution in [0, 0.1) is 0 Å². The molecule has 0 saturated carbocycles. The van der Waals surface area contributed by atoms with Crippen LogP contribution in [-0.2, 0) is 9.31 Å². The Morgan fingerprint density at radius 1 is 0.700 bits per heavy atom. The molecule has 5 rings (SSSR count). The fraction of sp³-hybridized carbons (Fsp3) is 0.308. The minimum atomic E-state index is -0.392. The van der Waals surface area contributed by atoms with Crippen LogP contribution in [0.4, 0.5) is 0 Å². The quantitative estimate of drug-likeness (QED) is 0.356. The highest BCUT2D eigenvalue weighted by molar-refractivity contribution is 6.62. The molecule has 4 aromatic rings. The fourth-order valence-electron chi connectivity index (χ4n) is 3.83. The van der Waals surface area contributed by atoms with E-state index in [9.17, 15) is 0 Å². The van der Waals surface area contributed by atoms with Crippen molar-refractivity contribution in [3.05, 3.63) is 66.7 Å². The zero-order valence-corrected chi connectivity index (χ0v) is 18.7. The van der Waals surface area contributed by atoms with Crippen LogP contribution in [0.25, 0.3) is 33.1 Å². The first-order valence-electron chi connectivity index (χ1n) is 10.7. The van der Waals surface area contributed by atoms with E-state index in [1.54, 1.807) is 0 Å². The van der Waals surface area contributed by atoms with Gasteiger partial charge in [-0.1, -0.05) is 68.4 Å². The first-order chi connectivity index (χ1) is 14.4. The van der Waals surface area contributed by atoms with Gasteiger partial charge in [0, 0.05) is 10.8 Å². The van der Waals surface area contributed by atoms with Crippen LogP contribution in [0.2, 0.25) is 0 Å². The van der Waals surface area contributed by atoms with Crippen LogP contribution in [0.15, 0.2) is 71.1 Å². The molecule has 0 atom stereocenters. The van der Waals surface area contributed by atoms with Crippen LogP contribution in [0.1, 0.15) is 41.5 Å². The zero-order valence-electron chi connectivity index (χ0n) is 18.7. The second-order valence-corrected chi connectivity index (χ2v) is 8.49. The molecular formula is C26H29BO3. The standard InChI is InChI=1S/C24H23BO3.C2H6/c1-23(2)24(3,4)28-25(27-23)17-13-14-19-21(15-17)26-20-12-8-11-18(22(19)20)16-9-6-5-7-10-16;1-2/h5-15H,1-4H3;1-2H3. The third-order valence-corrected chi connectivity index (χ3v) is 6.13. The van der Waals surface area contributed by atoms with Crippen molar-refractivity contribution in [3.63, 3.8) is 0 Å². The molecule has 30 heavy (non-hydrogen) atoms. The third-order valence-electron chi connectivity index (χ3n) is 6.13. The fourth-order valence-corrected chi connectivity index (χ4v) is 3.83. The molecule has 1 aromatic heterocycles. The van der Waals surface area contributed by atoms with Crippen molar-refractivity contribution in [2.24, 2.45) is 0 Å². The number of fused-ring (bicyclic) bond motifs is 3. The molecule has 0 unspecified atom stereocenters. The maximum atomic E-state index is 6.21. The Hall–Kier alpha value is -2.56. The van der Waals surface area contributed by atoms with E-state index >= 15 is 0 Å². The summed E-state index contributed by atoms with van der Waals surface area (Å²) in [5.41, 5.74) is 4.37. The summed E-state index contributed by atoms with van der Waals surface area (Å²) in [4.78, 5) is 0. The number of benzene rings is 3. The van der Waals surface area contributed by atoms with Gasteiger partial charge in [0.2, 0.25) is 0 Å². The van der Waals surface area contributed by atoms with Gasteiger partial charge in [0.05, 0.1) is 11.2 Å². The monoisotopic (exact) mass is 400 g/mol. The first kappa shape index (κ1) is 20.7. The number of rotatable bonds is 2. The lowest BCUT2D eigenvalue weighted by Crippen LogP contribution is -2.41. The molecule has 1 fully saturated rings. The Labute approximate surface area is 179 Å². The van der Waals surface area contributed by atoms with Crippen molar-refractivity contribution >= 4 is 34.5 Å². The second kappa shape index (κ2) is 7.61. The van der Waals surface area contributed by atoms with Gasteiger partial charge < -0.3 is 13.7 Å². The zero-order chi connectivity index (χ0) is 21.5. The molecule has 4 heteroatoms. The molecule has 0 spiro atoms. The Morgan fingerprint density at radius 3 is 2.03 bits per heavy atom. The predicted molar refractivity (Wildman–Crippen MR) is 126 cm³/mol. The van der Waals surface area contributed by atoms with Crippen molar-refractivity contribution < 1.29 is 13.7 Å². The van der Waals surface area contributed by atoms with Crippen molar-refractivity contribution in [3.8, 4) is 11.1 Å². The summed E-state index contributed by atoms with van der Waals surface area (Å²) in [6, 6.07) is 22.9. The highest BCUT2D eigenvalue weighted by Crippen LogP contribution is 2.38. The van der Waals surface area contributed by atoms with E-state index in [0.717, 1.165) is 27.4 Å². The van der Waals surface area contributed by atoms with Crippen molar-refractivity contribution in [2.45, 2.75) is 52.7 Å². The molecule has 0 radical (unpaired) electrons. The summed E-state index contributed by atoms with van der Waals surface area (Å²) in [5.74, 6) is 0. The minimum Gasteiger partial charge on any atom is -0.456 e. The van der Waals surface area contributed by atoms with Gasteiger partial charge in [0.1, 0.15) is 11.2 Å². The number of hydrogen-bond acceptors (Lipinski definition) is 3. The van der Waals surface area contributed by atoms with Gasteiger partial charge >= 0.3 is 7.12 Å². The maximum Gasteiger partial charge on any atom is 0.494 e. The third kappa shape index (κ3) is 3.34. The Morgan fingerprint density at radius 2 is 1.37 bits per heavy atom. The molecular weight excluding hydrogens is 371 g/mol. The van der Waals surface area contributed by atoms with E-state index in [1.165, 1.54) is 11.1 Å². The van der Waals surface area contributed by atoms with Gasteiger partial charge in [0.25, 0.3) is 0 Å². The van der Waals surface area contributed by atoms with E-state index in [1.807, 2.05) is 38.1 Å². The summed E-state index contributed by atoms with van der Waals surface area (Å²) in [7, 11) is -0.392. The number of hydrogen-bond donors (Lipinski definition) is 0. The molecule has 1 saturated heterocycles. The largest absolute Gasteiger partial charge is 0.494 e. The second-order valence-electron chi connectivity index (χ2n) is 8.49.